The van der Waals surface area contributed by atoms with E-state index in [1.54, 1.807) is 19.1 Å². The first kappa shape index (κ1) is 26.1. The van der Waals surface area contributed by atoms with Crippen LogP contribution in [0.25, 0.3) is 0 Å². The van der Waals surface area contributed by atoms with Crippen molar-refractivity contribution in [2.24, 2.45) is 0 Å². The van der Waals surface area contributed by atoms with Gasteiger partial charge in [-0.2, -0.15) is 4.31 Å². The molecule has 2 rings (SSSR count). The Hall–Kier alpha value is -2.12. The van der Waals surface area contributed by atoms with Crippen molar-refractivity contribution < 1.29 is 23.2 Å². The highest BCUT2D eigenvalue weighted by molar-refractivity contribution is 7.89. The fraction of sp³-hybridized carbons (Fsp3) is 0.609. The standard InChI is InChI=1S/C23H35N3O5S/c1-5-8-18-31-20-12-14-21(15-13-20)32(29,30)24(4)19-22(27)26(28)23(25(6-2)7-3)16-10-9-11-17-23/h12-15,28H,6-7,9-11,16-19H2,1-4H3. The number of nitrogens with zero attached hydrogens (tertiary/aromatic N) is 3. The summed E-state index contributed by atoms with van der Waals surface area (Å²) in [6, 6.07) is 5.96. The van der Waals surface area contributed by atoms with Crippen LogP contribution in [0.1, 0.15) is 52.9 Å². The molecule has 0 aliphatic heterocycles. The molecule has 178 valence electrons. The zero-order valence-electron chi connectivity index (χ0n) is 19.5. The Morgan fingerprint density at radius 3 is 2.25 bits per heavy atom. The van der Waals surface area contributed by atoms with Gasteiger partial charge in [-0.15, -0.1) is 5.92 Å². The Bertz CT molecular complexity index is 911. The van der Waals surface area contributed by atoms with Crippen molar-refractivity contribution in [1.29, 1.82) is 0 Å². The molecule has 1 aliphatic rings. The van der Waals surface area contributed by atoms with Gasteiger partial charge in [0.1, 0.15) is 18.0 Å². The first-order chi connectivity index (χ1) is 15.2. The van der Waals surface area contributed by atoms with E-state index in [2.05, 4.69) is 16.7 Å². The number of sulfonamides is 1. The quantitative estimate of drug-likeness (QED) is 0.247. The van der Waals surface area contributed by atoms with Gasteiger partial charge >= 0.3 is 0 Å². The van der Waals surface area contributed by atoms with Crippen LogP contribution >= 0.6 is 0 Å². The van der Waals surface area contributed by atoms with Crippen molar-refractivity contribution in [3.05, 3.63) is 24.3 Å². The SMILES string of the molecule is CC#CCOc1ccc(S(=O)(=O)N(C)CC(=O)N(O)C2(N(CC)CC)CCCCC2)cc1. The highest BCUT2D eigenvalue weighted by atomic mass is 32.2. The first-order valence-electron chi connectivity index (χ1n) is 11.1. The van der Waals surface area contributed by atoms with Crippen molar-refractivity contribution in [1.82, 2.24) is 14.3 Å². The van der Waals surface area contributed by atoms with Crippen LogP contribution in [0, 0.1) is 11.8 Å². The van der Waals surface area contributed by atoms with E-state index >= 15 is 0 Å². The number of rotatable bonds is 10. The van der Waals surface area contributed by atoms with Gasteiger partial charge in [-0.3, -0.25) is 14.9 Å². The van der Waals surface area contributed by atoms with E-state index < -0.39 is 28.1 Å². The summed E-state index contributed by atoms with van der Waals surface area (Å²) in [6.07, 6.45) is 4.21. The van der Waals surface area contributed by atoms with Gasteiger partial charge in [0.15, 0.2) is 0 Å². The van der Waals surface area contributed by atoms with E-state index in [-0.39, 0.29) is 11.5 Å². The Morgan fingerprint density at radius 1 is 1.12 bits per heavy atom. The number of amides is 1. The lowest BCUT2D eigenvalue weighted by molar-refractivity contribution is -0.235. The number of hydrogen-bond acceptors (Lipinski definition) is 6. The molecule has 1 aromatic rings. The molecule has 1 fully saturated rings. The third-order valence-electron chi connectivity index (χ3n) is 6.01. The monoisotopic (exact) mass is 465 g/mol. The molecule has 1 saturated carbocycles. The Labute approximate surface area is 192 Å². The summed E-state index contributed by atoms with van der Waals surface area (Å²) in [7, 11) is -2.57. The third-order valence-corrected chi connectivity index (χ3v) is 7.83. The summed E-state index contributed by atoms with van der Waals surface area (Å²) in [5.41, 5.74) is -0.788. The third kappa shape index (κ3) is 5.81. The average Bonchev–Trinajstić information content (AvgIpc) is 2.80. The summed E-state index contributed by atoms with van der Waals surface area (Å²) in [5.74, 6) is 5.36. The molecule has 1 aromatic carbocycles. The second-order valence-electron chi connectivity index (χ2n) is 7.87. The zero-order chi connectivity index (χ0) is 23.8. The van der Waals surface area contributed by atoms with Crippen LogP contribution in [0.15, 0.2) is 29.2 Å². The van der Waals surface area contributed by atoms with E-state index in [1.807, 2.05) is 13.8 Å². The van der Waals surface area contributed by atoms with Gasteiger partial charge in [0, 0.05) is 7.05 Å². The smallest absolute Gasteiger partial charge is 0.263 e. The molecule has 1 amide bonds. The van der Waals surface area contributed by atoms with E-state index in [0.717, 1.165) is 28.6 Å². The van der Waals surface area contributed by atoms with Gasteiger partial charge in [-0.25, -0.2) is 13.5 Å². The molecule has 0 radical (unpaired) electrons. The molecule has 9 heteroatoms. The maximum absolute atomic E-state index is 13.0. The van der Waals surface area contributed by atoms with Gasteiger partial charge < -0.3 is 4.74 Å². The molecular weight excluding hydrogens is 430 g/mol. The Morgan fingerprint density at radius 2 is 1.72 bits per heavy atom. The van der Waals surface area contributed by atoms with Gasteiger partial charge in [-0.1, -0.05) is 26.2 Å². The molecule has 32 heavy (non-hydrogen) atoms. The molecule has 0 bridgehead atoms. The number of ether oxygens (including phenoxy) is 1. The molecule has 0 saturated heterocycles. The largest absolute Gasteiger partial charge is 0.481 e. The molecule has 0 unspecified atom stereocenters. The first-order valence-corrected chi connectivity index (χ1v) is 12.5. The van der Waals surface area contributed by atoms with Gasteiger partial charge in [0.2, 0.25) is 10.0 Å². The van der Waals surface area contributed by atoms with E-state index in [0.29, 0.717) is 31.7 Å². The van der Waals surface area contributed by atoms with Crippen LogP contribution in [0.4, 0.5) is 0 Å². The minimum absolute atomic E-state index is 0.0438. The Kier molecular flexibility index (Phi) is 9.52. The topological polar surface area (TPSA) is 90.4 Å². The van der Waals surface area contributed by atoms with Crippen LogP contribution < -0.4 is 4.74 Å². The average molecular weight is 466 g/mol. The number of benzene rings is 1. The second-order valence-corrected chi connectivity index (χ2v) is 9.91. The lowest BCUT2D eigenvalue weighted by atomic mass is 9.86. The number of hydroxylamine groups is 2. The van der Waals surface area contributed by atoms with Gasteiger partial charge in [0.05, 0.1) is 11.4 Å². The summed E-state index contributed by atoms with van der Waals surface area (Å²) in [5, 5.41) is 11.7. The molecule has 1 N–H and O–H groups in total. The Balaban J connectivity index is 2.14. The molecule has 0 heterocycles. The van der Waals surface area contributed by atoms with E-state index in [4.69, 9.17) is 4.74 Å². The summed E-state index contributed by atoms with van der Waals surface area (Å²) < 4.78 is 32.3. The van der Waals surface area contributed by atoms with Crippen molar-refractivity contribution in [3.8, 4) is 17.6 Å². The van der Waals surface area contributed by atoms with E-state index in [1.165, 1.54) is 19.2 Å². The molecule has 1 aliphatic carbocycles. The van der Waals surface area contributed by atoms with Crippen molar-refractivity contribution in [2.45, 2.75) is 63.4 Å². The summed E-state index contributed by atoms with van der Waals surface area (Å²) in [6.45, 7) is 6.85. The van der Waals surface area contributed by atoms with Crippen molar-refractivity contribution >= 4 is 15.9 Å². The number of carbonyl (C=O) groups excluding carboxylic acids is 1. The lowest BCUT2D eigenvalue weighted by Gasteiger charge is -2.49. The fourth-order valence-corrected chi connectivity index (χ4v) is 5.37. The van der Waals surface area contributed by atoms with Gasteiger partial charge in [0.25, 0.3) is 5.91 Å². The molecule has 8 nitrogen and oxygen atoms in total. The van der Waals surface area contributed by atoms with Crippen LogP contribution in [-0.4, -0.2) is 72.8 Å². The molecule has 0 spiro atoms. The molecular formula is C23H35N3O5S. The molecule has 0 atom stereocenters. The number of carbonyl (C=O) groups is 1. The summed E-state index contributed by atoms with van der Waals surface area (Å²) >= 11 is 0. The van der Waals surface area contributed by atoms with Crippen LogP contribution in [0.3, 0.4) is 0 Å². The lowest BCUT2D eigenvalue weighted by Crippen LogP contribution is -2.63. The highest BCUT2D eigenvalue weighted by Gasteiger charge is 2.44. The predicted molar refractivity (Wildman–Crippen MR) is 123 cm³/mol. The van der Waals surface area contributed by atoms with Crippen molar-refractivity contribution in [3.63, 3.8) is 0 Å². The minimum atomic E-state index is -3.91. The number of likely N-dealkylation sites (N-methyl/N-ethyl adjacent to an activating group) is 1. The maximum Gasteiger partial charge on any atom is 0.263 e. The highest BCUT2D eigenvalue weighted by Crippen LogP contribution is 2.36. The maximum atomic E-state index is 13.0. The molecule has 0 aromatic heterocycles. The predicted octanol–water partition coefficient (Wildman–Crippen LogP) is 2.93. The van der Waals surface area contributed by atoms with Crippen LogP contribution in [0.2, 0.25) is 0 Å². The van der Waals surface area contributed by atoms with E-state index in [9.17, 15) is 18.4 Å². The summed E-state index contributed by atoms with van der Waals surface area (Å²) in [4.78, 5) is 15.1. The second kappa shape index (κ2) is 11.7. The normalized spacial score (nSPS) is 15.8. The van der Waals surface area contributed by atoms with Gasteiger partial charge in [-0.05, 0) is 70.0 Å². The van der Waals surface area contributed by atoms with Crippen molar-refractivity contribution in [2.75, 3.05) is 33.3 Å². The number of hydrogen-bond donors (Lipinski definition) is 1. The minimum Gasteiger partial charge on any atom is -0.481 e. The fourth-order valence-electron chi connectivity index (χ4n) is 4.25. The van der Waals surface area contributed by atoms with Crippen LogP contribution in [0.5, 0.6) is 5.75 Å². The van der Waals surface area contributed by atoms with Crippen LogP contribution in [-0.2, 0) is 14.8 Å². The zero-order valence-corrected chi connectivity index (χ0v) is 20.3.